The number of anilines is 1. The average Bonchev–Trinajstić information content (AvgIpc) is 1.91. The summed E-state index contributed by atoms with van der Waals surface area (Å²) in [4.78, 5) is 13.5. The van der Waals surface area contributed by atoms with Crippen molar-refractivity contribution < 1.29 is 37.5 Å². The Morgan fingerprint density at radius 2 is 2.30 bits per heavy atom. The van der Waals surface area contributed by atoms with Gasteiger partial charge < -0.3 is 15.1 Å². The summed E-state index contributed by atoms with van der Waals surface area (Å²) in [5.74, 6) is 0.521. The van der Waals surface area contributed by atoms with E-state index < -0.39 is 0 Å². The molecule has 1 rings (SSSR count). The summed E-state index contributed by atoms with van der Waals surface area (Å²) in [5.41, 5.74) is 0. The maximum atomic E-state index is 9.70. The van der Waals surface area contributed by atoms with Crippen LogP contribution in [0.25, 0.3) is 0 Å². The Hall–Kier alpha value is -0.276. The Morgan fingerprint density at radius 3 is 2.80 bits per heavy atom. The molecule has 0 spiro atoms. The van der Waals surface area contributed by atoms with Crippen molar-refractivity contribution >= 4 is 12.2 Å². The van der Waals surface area contributed by atoms with Crippen molar-refractivity contribution in [2.24, 2.45) is 0 Å². The van der Waals surface area contributed by atoms with Crippen LogP contribution in [0.4, 0.5) is 5.82 Å². The first kappa shape index (κ1) is 9.72. The Balaban J connectivity index is 0.000000810. The quantitative estimate of drug-likeness (QED) is 0.572. The fourth-order valence-corrected chi connectivity index (χ4v) is 0.489. The van der Waals surface area contributed by atoms with Gasteiger partial charge in [0.2, 0.25) is 0 Å². The van der Waals surface area contributed by atoms with E-state index in [2.05, 4.69) is 10.3 Å². The minimum absolute atomic E-state index is 0. The van der Waals surface area contributed by atoms with Gasteiger partial charge in [0.05, 0.1) is 6.41 Å². The second-order valence-electron chi connectivity index (χ2n) is 1.44. The summed E-state index contributed by atoms with van der Waals surface area (Å²) in [6, 6.07) is 5.24. The number of carbonyl (C=O) groups excluding carboxylic acids is 1. The molecule has 10 heavy (non-hydrogen) atoms. The van der Waals surface area contributed by atoms with Gasteiger partial charge in [0.1, 0.15) is 0 Å². The van der Waals surface area contributed by atoms with Crippen molar-refractivity contribution in [3.05, 3.63) is 24.4 Å². The van der Waals surface area contributed by atoms with Crippen LogP contribution >= 0.6 is 0 Å². The molecule has 1 aromatic rings. The van der Waals surface area contributed by atoms with Gasteiger partial charge in [-0.15, -0.1) is 6.07 Å². The third kappa shape index (κ3) is 3.04. The first-order valence-corrected chi connectivity index (χ1v) is 2.47. The van der Waals surface area contributed by atoms with E-state index in [1.165, 1.54) is 6.41 Å². The molecule has 0 unspecified atom stereocenters. The van der Waals surface area contributed by atoms with Crippen LogP contribution in [0.15, 0.2) is 24.4 Å². The van der Waals surface area contributed by atoms with Gasteiger partial charge in [-0.05, 0) is 11.9 Å². The van der Waals surface area contributed by atoms with E-state index in [1.807, 2.05) is 0 Å². The third-order valence-electron chi connectivity index (χ3n) is 0.844. The molecule has 1 heterocycles. The zero-order chi connectivity index (χ0) is 6.53. The van der Waals surface area contributed by atoms with Crippen LogP contribution in [-0.4, -0.2) is 11.4 Å². The SMILES string of the molecule is O=[C-]Nc1ccccn1.[Y+3]. The second kappa shape index (κ2) is 5.50. The fourth-order valence-electron chi connectivity index (χ4n) is 0.489. The van der Waals surface area contributed by atoms with E-state index >= 15 is 0 Å². The van der Waals surface area contributed by atoms with E-state index in [-0.39, 0.29) is 32.7 Å². The molecular weight excluding hydrogens is 205 g/mol. The Bertz CT molecular complexity index is 190. The van der Waals surface area contributed by atoms with Gasteiger partial charge in [0.15, 0.2) is 0 Å². The summed E-state index contributed by atoms with van der Waals surface area (Å²) in [6.45, 7) is 0. The molecule has 0 fully saturated rings. The van der Waals surface area contributed by atoms with Gasteiger partial charge in [0.25, 0.3) is 0 Å². The summed E-state index contributed by atoms with van der Waals surface area (Å²) < 4.78 is 0. The number of nitrogens with one attached hydrogen (secondary N) is 1. The van der Waals surface area contributed by atoms with Crippen LogP contribution in [0.1, 0.15) is 0 Å². The third-order valence-corrected chi connectivity index (χ3v) is 0.844. The number of hydrogen-bond acceptors (Lipinski definition) is 2. The molecule has 0 saturated carbocycles. The van der Waals surface area contributed by atoms with E-state index in [0.29, 0.717) is 5.82 Å². The molecule has 0 bridgehead atoms. The number of pyridine rings is 1. The molecule has 4 heteroatoms. The molecule has 0 aliphatic carbocycles. The van der Waals surface area contributed by atoms with Gasteiger partial charge in [-0.1, -0.05) is 6.07 Å². The summed E-state index contributed by atoms with van der Waals surface area (Å²) in [6.07, 6.45) is 3.12. The van der Waals surface area contributed by atoms with Gasteiger partial charge in [-0.2, -0.15) is 0 Å². The molecule has 0 aromatic carbocycles. The molecule has 0 aliphatic heterocycles. The topological polar surface area (TPSA) is 42.0 Å². The molecule has 1 N–H and O–H groups in total. The van der Waals surface area contributed by atoms with Crippen LogP contribution in [-0.2, 0) is 37.5 Å². The molecule has 1 amide bonds. The van der Waals surface area contributed by atoms with Gasteiger partial charge >= 0.3 is 32.7 Å². The smallest absolute Gasteiger partial charge is 0.475 e. The molecule has 3 nitrogen and oxygen atoms in total. The fraction of sp³-hybridized carbons (Fsp3) is 0. The summed E-state index contributed by atoms with van der Waals surface area (Å²) >= 11 is 0. The zero-order valence-corrected chi connectivity index (χ0v) is 8.08. The minimum atomic E-state index is 0. The average molecular weight is 210 g/mol. The van der Waals surface area contributed by atoms with Crippen LogP contribution in [0.5, 0.6) is 0 Å². The van der Waals surface area contributed by atoms with E-state index in [1.54, 1.807) is 24.4 Å². The van der Waals surface area contributed by atoms with Crippen molar-refractivity contribution in [2.45, 2.75) is 0 Å². The normalized spacial score (nSPS) is 7.60. The van der Waals surface area contributed by atoms with E-state index in [9.17, 15) is 4.79 Å². The van der Waals surface area contributed by atoms with E-state index in [4.69, 9.17) is 0 Å². The predicted molar refractivity (Wildman–Crippen MR) is 33.6 cm³/mol. The second-order valence-corrected chi connectivity index (χ2v) is 1.44. The number of hydrogen-bond donors (Lipinski definition) is 1. The maximum Gasteiger partial charge on any atom is 3.00 e. The zero-order valence-electron chi connectivity index (χ0n) is 5.24. The molecule has 0 aliphatic rings. The monoisotopic (exact) mass is 210 g/mol. The predicted octanol–water partition coefficient (Wildman–Crippen LogP) is 0.558. The van der Waals surface area contributed by atoms with Crippen molar-refractivity contribution in [3.8, 4) is 0 Å². The minimum Gasteiger partial charge on any atom is -0.475 e. The van der Waals surface area contributed by atoms with Gasteiger partial charge in [0, 0.05) is 6.20 Å². The maximum absolute atomic E-state index is 9.70. The first-order valence-electron chi connectivity index (χ1n) is 2.47. The molecule has 46 valence electrons. The van der Waals surface area contributed by atoms with Gasteiger partial charge in [-0.25, -0.2) is 0 Å². The van der Waals surface area contributed by atoms with Crippen LogP contribution in [0.2, 0.25) is 0 Å². The largest absolute Gasteiger partial charge is 3.00 e. The Morgan fingerprint density at radius 1 is 1.50 bits per heavy atom. The summed E-state index contributed by atoms with van der Waals surface area (Å²) in [7, 11) is 0. The van der Waals surface area contributed by atoms with Gasteiger partial charge in [-0.3, -0.25) is 0 Å². The van der Waals surface area contributed by atoms with Crippen molar-refractivity contribution in [3.63, 3.8) is 0 Å². The first-order chi connectivity index (χ1) is 4.43. The number of aromatic nitrogens is 1. The summed E-state index contributed by atoms with van der Waals surface area (Å²) in [5, 5.41) is 2.29. The van der Waals surface area contributed by atoms with Crippen molar-refractivity contribution in [2.75, 3.05) is 5.32 Å². The Labute approximate surface area is 84.1 Å². The number of nitrogens with zero attached hydrogens (tertiary/aromatic N) is 1. The van der Waals surface area contributed by atoms with Crippen molar-refractivity contribution in [1.29, 1.82) is 0 Å². The molecule has 0 atom stereocenters. The standard InChI is InChI=1S/C6H5N2O.Y/c9-5-8-6-3-1-2-4-7-6;/h1-4H,(H,7,8,9);/q-1;+3. The Kier molecular flexibility index (Phi) is 5.35. The number of rotatable bonds is 2. The molecule has 0 saturated heterocycles. The number of amides is 1. The van der Waals surface area contributed by atoms with Crippen LogP contribution in [0, 0.1) is 0 Å². The van der Waals surface area contributed by atoms with Crippen LogP contribution in [0.3, 0.4) is 0 Å². The van der Waals surface area contributed by atoms with Crippen LogP contribution < -0.4 is 5.32 Å². The molecular formula is C6H5N2OY+2. The molecule has 1 aromatic heterocycles. The molecule has 0 radical (unpaired) electrons. The van der Waals surface area contributed by atoms with Crippen molar-refractivity contribution in [1.82, 2.24) is 4.98 Å². The van der Waals surface area contributed by atoms with E-state index in [0.717, 1.165) is 0 Å².